The molecule has 0 bridgehead atoms. The number of halogens is 1. The number of rotatable bonds is 4. The molecule has 2 aromatic rings. The molecule has 0 unspecified atom stereocenters. The Balaban J connectivity index is 2.42. The fourth-order valence-electron chi connectivity index (χ4n) is 1.89. The minimum Gasteiger partial charge on any atom is -0.287 e. The monoisotopic (exact) mass is 306 g/mol. The molecule has 0 atom stereocenters. The quantitative estimate of drug-likeness (QED) is 0.809. The first kappa shape index (κ1) is 13.0. The first-order chi connectivity index (χ1) is 8.63. The molecule has 0 aliphatic heterocycles. The average molecular weight is 307 g/mol. The second kappa shape index (κ2) is 5.48. The van der Waals surface area contributed by atoms with Crippen molar-refractivity contribution in [1.82, 2.24) is 9.78 Å². The van der Waals surface area contributed by atoms with Gasteiger partial charge >= 0.3 is 0 Å². The molecule has 2 rings (SSSR count). The van der Waals surface area contributed by atoms with Crippen LogP contribution in [0, 0.1) is 6.92 Å². The lowest BCUT2D eigenvalue weighted by Crippen LogP contribution is -2.12. The third-order valence-electron chi connectivity index (χ3n) is 2.73. The molecule has 0 N–H and O–H groups in total. The van der Waals surface area contributed by atoms with E-state index in [1.807, 2.05) is 31.2 Å². The molecule has 4 heteroatoms. The fourth-order valence-corrected chi connectivity index (χ4v) is 2.37. The minimum absolute atomic E-state index is 0.0107. The highest BCUT2D eigenvalue weighted by atomic mass is 79.9. The predicted octanol–water partition coefficient (Wildman–Crippen LogP) is 3.60. The van der Waals surface area contributed by atoms with Crippen LogP contribution in [0.5, 0.6) is 0 Å². The second-order valence-electron chi connectivity index (χ2n) is 4.26. The van der Waals surface area contributed by atoms with Crippen LogP contribution in [-0.4, -0.2) is 15.6 Å². The van der Waals surface area contributed by atoms with Crippen LogP contribution < -0.4 is 0 Å². The number of hydrogen-bond donors (Lipinski definition) is 0. The van der Waals surface area contributed by atoms with Gasteiger partial charge in [-0.1, -0.05) is 30.7 Å². The van der Waals surface area contributed by atoms with E-state index in [-0.39, 0.29) is 5.78 Å². The van der Waals surface area contributed by atoms with Crippen molar-refractivity contribution in [3.05, 3.63) is 51.8 Å². The van der Waals surface area contributed by atoms with Crippen LogP contribution in [0.15, 0.2) is 34.9 Å². The van der Waals surface area contributed by atoms with Crippen molar-refractivity contribution in [2.24, 2.45) is 0 Å². The highest BCUT2D eigenvalue weighted by Crippen LogP contribution is 2.20. The maximum Gasteiger partial charge on any atom is 0.212 e. The van der Waals surface area contributed by atoms with Crippen molar-refractivity contribution in [2.75, 3.05) is 0 Å². The van der Waals surface area contributed by atoms with Crippen molar-refractivity contribution >= 4 is 21.7 Å². The summed E-state index contributed by atoms with van der Waals surface area (Å²) in [7, 11) is 0. The first-order valence-corrected chi connectivity index (χ1v) is 6.75. The Morgan fingerprint density at radius 2 is 2.22 bits per heavy atom. The van der Waals surface area contributed by atoms with Gasteiger partial charge in [0.15, 0.2) is 0 Å². The molecule has 18 heavy (non-hydrogen) atoms. The highest BCUT2D eigenvalue weighted by molar-refractivity contribution is 9.10. The van der Waals surface area contributed by atoms with Crippen molar-refractivity contribution in [1.29, 1.82) is 0 Å². The van der Waals surface area contributed by atoms with E-state index >= 15 is 0 Å². The number of carbonyl (C=O) groups is 1. The van der Waals surface area contributed by atoms with Crippen molar-refractivity contribution in [3.63, 3.8) is 0 Å². The van der Waals surface area contributed by atoms with E-state index in [9.17, 15) is 4.79 Å². The van der Waals surface area contributed by atoms with E-state index in [0.717, 1.165) is 23.0 Å². The Morgan fingerprint density at radius 3 is 2.89 bits per heavy atom. The average Bonchev–Trinajstić information content (AvgIpc) is 2.70. The molecule has 0 fully saturated rings. The Hall–Kier alpha value is -1.42. The third kappa shape index (κ3) is 2.53. The molecule has 1 heterocycles. The van der Waals surface area contributed by atoms with Gasteiger partial charge < -0.3 is 0 Å². The summed E-state index contributed by atoms with van der Waals surface area (Å²) in [5.74, 6) is 0.0107. The Kier molecular flexibility index (Phi) is 3.97. The third-order valence-corrected chi connectivity index (χ3v) is 3.31. The Bertz CT molecular complexity index is 575. The van der Waals surface area contributed by atoms with Gasteiger partial charge in [0.1, 0.15) is 5.69 Å². The van der Waals surface area contributed by atoms with Gasteiger partial charge in [-0.2, -0.15) is 5.10 Å². The summed E-state index contributed by atoms with van der Waals surface area (Å²) in [6.07, 6.45) is 2.63. The normalized spacial score (nSPS) is 10.6. The van der Waals surface area contributed by atoms with Gasteiger partial charge in [-0.25, -0.2) is 0 Å². The molecule has 0 radical (unpaired) electrons. The van der Waals surface area contributed by atoms with Gasteiger partial charge in [-0.15, -0.1) is 0 Å². The van der Waals surface area contributed by atoms with Crippen LogP contribution >= 0.6 is 15.9 Å². The van der Waals surface area contributed by atoms with Crippen molar-refractivity contribution in [2.45, 2.75) is 26.8 Å². The molecule has 1 aromatic heterocycles. The van der Waals surface area contributed by atoms with Crippen LogP contribution in [-0.2, 0) is 6.54 Å². The standard InChI is InChI=1S/C14H15BrN2O/c1-3-7-17-13(12(15)9-16-17)14(18)11-6-4-5-10(2)8-11/h4-6,8-9H,3,7H2,1-2H3. The molecule has 0 saturated heterocycles. The molecule has 0 saturated carbocycles. The lowest BCUT2D eigenvalue weighted by atomic mass is 10.1. The maximum atomic E-state index is 12.5. The highest BCUT2D eigenvalue weighted by Gasteiger charge is 2.18. The first-order valence-electron chi connectivity index (χ1n) is 5.96. The Morgan fingerprint density at radius 1 is 1.44 bits per heavy atom. The summed E-state index contributed by atoms with van der Waals surface area (Å²) in [5, 5.41) is 4.22. The van der Waals surface area contributed by atoms with Gasteiger partial charge in [0.25, 0.3) is 0 Å². The smallest absolute Gasteiger partial charge is 0.212 e. The largest absolute Gasteiger partial charge is 0.287 e. The van der Waals surface area contributed by atoms with Crippen LogP contribution in [0.1, 0.15) is 35.0 Å². The van der Waals surface area contributed by atoms with Gasteiger partial charge in [-0.3, -0.25) is 9.48 Å². The van der Waals surface area contributed by atoms with E-state index < -0.39 is 0 Å². The predicted molar refractivity (Wildman–Crippen MR) is 74.8 cm³/mol. The molecular formula is C14H15BrN2O. The van der Waals surface area contributed by atoms with E-state index in [1.165, 1.54) is 0 Å². The van der Waals surface area contributed by atoms with Crippen molar-refractivity contribution < 1.29 is 4.79 Å². The van der Waals surface area contributed by atoms with Crippen LogP contribution in [0.25, 0.3) is 0 Å². The molecule has 94 valence electrons. The van der Waals surface area contributed by atoms with Gasteiger partial charge in [0.2, 0.25) is 5.78 Å². The van der Waals surface area contributed by atoms with E-state index in [1.54, 1.807) is 10.9 Å². The van der Waals surface area contributed by atoms with Crippen molar-refractivity contribution in [3.8, 4) is 0 Å². The molecule has 0 spiro atoms. The molecule has 0 aliphatic rings. The lowest BCUT2D eigenvalue weighted by Gasteiger charge is -2.06. The van der Waals surface area contributed by atoms with E-state index in [2.05, 4.69) is 28.0 Å². The molecule has 0 amide bonds. The molecule has 3 nitrogen and oxygen atoms in total. The van der Waals surface area contributed by atoms with E-state index in [0.29, 0.717) is 11.3 Å². The fraction of sp³-hybridized carbons (Fsp3) is 0.286. The van der Waals surface area contributed by atoms with Gasteiger partial charge in [0.05, 0.1) is 10.7 Å². The maximum absolute atomic E-state index is 12.5. The van der Waals surface area contributed by atoms with Crippen LogP contribution in [0.4, 0.5) is 0 Å². The SMILES string of the molecule is CCCn1ncc(Br)c1C(=O)c1cccc(C)c1. The summed E-state index contributed by atoms with van der Waals surface area (Å²) in [6.45, 7) is 4.80. The zero-order valence-electron chi connectivity index (χ0n) is 10.5. The number of benzene rings is 1. The number of aryl methyl sites for hydroxylation is 2. The van der Waals surface area contributed by atoms with Gasteiger partial charge in [0, 0.05) is 12.1 Å². The number of hydrogen-bond acceptors (Lipinski definition) is 2. The number of aromatic nitrogens is 2. The van der Waals surface area contributed by atoms with Crippen LogP contribution in [0.3, 0.4) is 0 Å². The van der Waals surface area contributed by atoms with Gasteiger partial charge in [-0.05, 0) is 35.3 Å². The summed E-state index contributed by atoms with van der Waals surface area (Å²) in [4.78, 5) is 12.5. The second-order valence-corrected chi connectivity index (χ2v) is 5.12. The minimum atomic E-state index is 0.0107. The summed E-state index contributed by atoms with van der Waals surface area (Å²) < 4.78 is 2.51. The summed E-state index contributed by atoms with van der Waals surface area (Å²) in [5.41, 5.74) is 2.41. The number of nitrogens with zero attached hydrogens (tertiary/aromatic N) is 2. The zero-order chi connectivity index (χ0) is 13.1. The topological polar surface area (TPSA) is 34.9 Å². The lowest BCUT2D eigenvalue weighted by molar-refractivity contribution is 0.102. The van der Waals surface area contributed by atoms with Crippen LogP contribution in [0.2, 0.25) is 0 Å². The number of carbonyl (C=O) groups excluding carboxylic acids is 1. The molecular weight excluding hydrogens is 292 g/mol. The summed E-state index contributed by atoms with van der Waals surface area (Å²) >= 11 is 3.40. The summed E-state index contributed by atoms with van der Waals surface area (Å²) in [6, 6.07) is 7.62. The zero-order valence-corrected chi connectivity index (χ0v) is 12.1. The molecule has 1 aromatic carbocycles. The number of ketones is 1. The Labute approximate surface area is 115 Å². The van der Waals surface area contributed by atoms with E-state index in [4.69, 9.17) is 0 Å². The molecule has 0 aliphatic carbocycles.